The van der Waals surface area contributed by atoms with Gasteiger partial charge >= 0.3 is 6.85 Å². The third-order valence-electron chi connectivity index (χ3n) is 9.34. The van der Waals surface area contributed by atoms with E-state index in [2.05, 4.69) is 113 Å². The molecule has 0 spiro atoms. The molecule has 0 saturated carbocycles. The third kappa shape index (κ3) is 2.07. The second-order valence-corrected chi connectivity index (χ2v) is 12.4. The van der Waals surface area contributed by atoms with Gasteiger partial charge in [-0.15, -0.1) is 11.3 Å². The number of benzene rings is 5. The molecule has 3 nitrogen and oxygen atoms in total. The van der Waals surface area contributed by atoms with E-state index < -0.39 is 0 Å². The molecule has 9 aromatic rings. The van der Waals surface area contributed by atoms with E-state index in [0.717, 1.165) is 11.3 Å². The summed E-state index contributed by atoms with van der Waals surface area (Å²) in [5.74, 6) is 0. The number of aromatic nitrogens is 2. The lowest BCUT2D eigenvalue weighted by Crippen LogP contribution is -2.55. The summed E-state index contributed by atoms with van der Waals surface area (Å²) in [4.78, 5) is 1.33. The van der Waals surface area contributed by atoms with Crippen molar-refractivity contribution in [1.29, 1.82) is 0 Å². The van der Waals surface area contributed by atoms with E-state index in [1.54, 1.807) is 0 Å². The highest BCUT2D eigenvalue weighted by Crippen LogP contribution is 2.47. The van der Waals surface area contributed by atoms with Crippen LogP contribution in [0.15, 0.2) is 101 Å². The van der Waals surface area contributed by atoms with E-state index in [1.165, 1.54) is 86.2 Å². The summed E-state index contributed by atoms with van der Waals surface area (Å²) < 4.78 is 13.1. The molecular weight excluding hydrogens is 507 g/mol. The van der Waals surface area contributed by atoms with Gasteiger partial charge in [-0.3, -0.25) is 0 Å². The summed E-state index contributed by atoms with van der Waals surface area (Å²) >= 11 is 1.91. The summed E-state index contributed by atoms with van der Waals surface area (Å²) in [6.45, 7) is 2.27. The quantitative estimate of drug-likeness (QED) is 0.183. The normalized spacial score (nSPS) is 13.6. The summed E-state index contributed by atoms with van der Waals surface area (Å²) in [5.41, 5.74) is 12.5. The molecule has 11 rings (SSSR count). The molecule has 5 heteroatoms. The first-order valence-corrected chi connectivity index (χ1v) is 14.6. The second kappa shape index (κ2) is 6.52. The van der Waals surface area contributed by atoms with Crippen LogP contribution in [0, 0.1) is 6.92 Å². The summed E-state index contributed by atoms with van der Waals surface area (Å²) in [7, 11) is 0. The third-order valence-corrected chi connectivity index (χ3v) is 10.5. The Hall–Kier alpha value is -4.74. The van der Waals surface area contributed by atoms with E-state index in [1.807, 2.05) is 11.3 Å². The minimum atomic E-state index is 0.0348. The van der Waals surface area contributed by atoms with Crippen LogP contribution in [-0.4, -0.2) is 15.9 Å². The van der Waals surface area contributed by atoms with Gasteiger partial charge in [0, 0.05) is 48.4 Å². The highest BCUT2D eigenvalue weighted by atomic mass is 32.1. The van der Waals surface area contributed by atoms with Gasteiger partial charge in [-0.25, -0.2) is 0 Å². The van der Waals surface area contributed by atoms with Crippen molar-refractivity contribution in [2.75, 3.05) is 0 Å². The Kier molecular flexibility index (Phi) is 3.29. The van der Waals surface area contributed by atoms with Gasteiger partial charge in [0.05, 0.1) is 10.9 Å². The Labute approximate surface area is 232 Å². The van der Waals surface area contributed by atoms with Gasteiger partial charge in [-0.1, -0.05) is 78.9 Å². The second-order valence-electron chi connectivity index (χ2n) is 11.4. The van der Waals surface area contributed by atoms with Gasteiger partial charge in [0.1, 0.15) is 10.4 Å². The van der Waals surface area contributed by atoms with Crippen LogP contribution >= 0.6 is 11.3 Å². The molecule has 0 radical (unpaired) electrons. The molecule has 0 fully saturated rings. The molecule has 2 aliphatic rings. The molecule has 0 bridgehead atoms. The summed E-state index contributed by atoms with van der Waals surface area (Å²) in [5, 5.41) is 7.73. The molecule has 184 valence electrons. The number of thiophene rings is 1. The first-order chi connectivity index (χ1) is 19.8. The molecule has 0 aliphatic carbocycles. The molecule has 6 heterocycles. The molecule has 2 aliphatic heterocycles. The van der Waals surface area contributed by atoms with Crippen molar-refractivity contribution in [1.82, 2.24) is 9.05 Å². The van der Waals surface area contributed by atoms with Crippen molar-refractivity contribution >= 4 is 93.3 Å². The molecule has 0 atom stereocenters. The van der Waals surface area contributed by atoms with Crippen LogP contribution in [0.4, 0.5) is 0 Å². The first-order valence-electron chi connectivity index (χ1n) is 13.8. The standard InChI is InChI=1S/C35H19BN2OS/c1-18-16-24-19-10-6-11-22-29-20-8-2-4-14-27(20)39-34(29)38(32(19)22)36-25-13-7-12-23-30-21-9-3-5-15-28(21)40-35(30)37(33(23)25)26(17-18)31(24)36/h2-17H,1H3. The van der Waals surface area contributed by atoms with E-state index in [9.17, 15) is 0 Å². The van der Waals surface area contributed by atoms with Gasteiger partial charge < -0.3 is 13.5 Å². The number of nitrogens with zero attached hydrogens (tertiary/aromatic N) is 2. The Morgan fingerprint density at radius 1 is 0.700 bits per heavy atom. The van der Waals surface area contributed by atoms with Crippen LogP contribution in [-0.2, 0) is 0 Å². The van der Waals surface area contributed by atoms with E-state index in [0.29, 0.717) is 0 Å². The van der Waals surface area contributed by atoms with Crippen molar-refractivity contribution < 1.29 is 4.42 Å². The molecule has 0 saturated heterocycles. The average Bonchev–Trinajstić information content (AvgIpc) is 3.71. The van der Waals surface area contributed by atoms with E-state index in [-0.39, 0.29) is 6.85 Å². The molecule has 0 unspecified atom stereocenters. The van der Waals surface area contributed by atoms with Crippen molar-refractivity contribution in [3.63, 3.8) is 0 Å². The lowest BCUT2D eigenvalue weighted by atomic mass is 9.45. The van der Waals surface area contributed by atoms with Crippen LogP contribution < -0.4 is 10.9 Å². The van der Waals surface area contributed by atoms with Crippen LogP contribution in [0.25, 0.3) is 81.0 Å². The number of hydrogen-bond acceptors (Lipinski definition) is 2. The maximum atomic E-state index is 6.73. The van der Waals surface area contributed by atoms with Gasteiger partial charge in [0.25, 0.3) is 0 Å². The number of rotatable bonds is 0. The van der Waals surface area contributed by atoms with Crippen molar-refractivity contribution in [2.45, 2.75) is 6.92 Å². The van der Waals surface area contributed by atoms with Crippen LogP contribution in [0.5, 0.6) is 0 Å². The zero-order chi connectivity index (χ0) is 25.9. The highest BCUT2D eigenvalue weighted by Gasteiger charge is 2.42. The topological polar surface area (TPSA) is 23.0 Å². The van der Waals surface area contributed by atoms with Crippen LogP contribution in [0.3, 0.4) is 0 Å². The number of para-hydroxylation sites is 3. The SMILES string of the molecule is Cc1cc2c3c(c1)-n1c4sc5ccccc5c4c4cccc(c41)B3n1c3oc4ccccc4c3c3cccc-2c31. The van der Waals surface area contributed by atoms with E-state index >= 15 is 0 Å². The van der Waals surface area contributed by atoms with Gasteiger partial charge in [-0.05, 0) is 47.2 Å². The minimum Gasteiger partial charge on any atom is -0.441 e. The Morgan fingerprint density at radius 2 is 1.48 bits per heavy atom. The first kappa shape index (κ1) is 20.2. The molecular formula is C35H19BN2OS. The van der Waals surface area contributed by atoms with Crippen molar-refractivity contribution in [3.8, 4) is 16.8 Å². The predicted molar refractivity (Wildman–Crippen MR) is 170 cm³/mol. The zero-order valence-corrected chi connectivity index (χ0v) is 22.3. The van der Waals surface area contributed by atoms with Crippen molar-refractivity contribution in [2.24, 2.45) is 0 Å². The largest absolute Gasteiger partial charge is 0.441 e. The molecule has 4 aromatic heterocycles. The lowest BCUT2D eigenvalue weighted by Gasteiger charge is -2.33. The summed E-state index contributed by atoms with van der Waals surface area (Å²) in [6, 6.07) is 35.8. The molecule has 0 amide bonds. The van der Waals surface area contributed by atoms with Gasteiger partial charge in [0.2, 0.25) is 0 Å². The number of hydrogen-bond donors (Lipinski definition) is 0. The fourth-order valence-corrected chi connectivity index (χ4v) is 9.18. The maximum absolute atomic E-state index is 6.73. The Morgan fingerprint density at radius 3 is 2.40 bits per heavy atom. The monoisotopic (exact) mass is 526 g/mol. The van der Waals surface area contributed by atoms with Crippen LogP contribution in [0.1, 0.15) is 5.56 Å². The predicted octanol–water partition coefficient (Wildman–Crippen LogP) is 8.11. The zero-order valence-electron chi connectivity index (χ0n) is 21.5. The molecule has 40 heavy (non-hydrogen) atoms. The fourth-order valence-electron chi connectivity index (χ4n) is 7.94. The maximum Gasteiger partial charge on any atom is 0.336 e. The van der Waals surface area contributed by atoms with E-state index in [4.69, 9.17) is 4.42 Å². The fraction of sp³-hybridized carbons (Fsp3) is 0.0286. The lowest BCUT2D eigenvalue weighted by molar-refractivity contribution is 0.651. The minimum absolute atomic E-state index is 0.0348. The highest BCUT2D eigenvalue weighted by molar-refractivity contribution is 7.25. The number of fused-ring (bicyclic) bond motifs is 14. The number of furan rings is 1. The summed E-state index contributed by atoms with van der Waals surface area (Å²) in [6.07, 6.45) is 0. The van der Waals surface area contributed by atoms with Gasteiger partial charge in [-0.2, -0.15) is 0 Å². The Bertz CT molecular complexity index is 2630. The number of aryl methyl sites for hydroxylation is 1. The van der Waals surface area contributed by atoms with Crippen LogP contribution in [0.2, 0.25) is 0 Å². The molecule has 5 aromatic carbocycles. The van der Waals surface area contributed by atoms with Gasteiger partial charge in [0.15, 0.2) is 5.71 Å². The molecule has 0 N–H and O–H groups in total. The van der Waals surface area contributed by atoms with Crippen molar-refractivity contribution in [3.05, 3.63) is 103 Å². The average molecular weight is 526 g/mol. The Balaban J connectivity index is 1.42. The smallest absolute Gasteiger partial charge is 0.336 e.